The molecule has 2 aromatic rings. The smallest absolute Gasteiger partial charge is 0.390 e. The number of hydrogen-bond donors (Lipinski definition) is 0. The van der Waals surface area contributed by atoms with Crippen molar-refractivity contribution in [2.75, 3.05) is 7.11 Å². The van der Waals surface area contributed by atoms with Gasteiger partial charge in [0.25, 0.3) is 0 Å². The van der Waals surface area contributed by atoms with E-state index in [0.29, 0.717) is 10.6 Å². The summed E-state index contributed by atoms with van der Waals surface area (Å²) in [4.78, 5) is 23.6. The van der Waals surface area contributed by atoms with Gasteiger partial charge < -0.3 is 4.74 Å². The molecule has 2 rings (SSSR count). The maximum absolute atomic E-state index is 12.5. The lowest BCUT2D eigenvalue weighted by Gasteiger charge is -2.08. The van der Waals surface area contributed by atoms with Crippen molar-refractivity contribution in [2.24, 2.45) is 0 Å². The summed E-state index contributed by atoms with van der Waals surface area (Å²) in [6, 6.07) is 6.09. The average Bonchev–Trinajstić information content (AvgIpc) is 2.81. The molecule has 0 aliphatic carbocycles. The number of hydrogen-bond acceptors (Lipinski definition) is 4. The van der Waals surface area contributed by atoms with Crippen LogP contribution < -0.4 is 5.69 Å². The first kappa shape index (κ1) is 18.1. The van der Waals surface area contributed by atoms with Crippen molar-refractivity contribution < 1.29 is 22.7 Å². The Hall–Kier alpha value is -2.29. The normalized spacial score (nSPS) is 11.5. The molecule has 0 amide bonds. The van der Waals surface area contributed by atoms with E-state index in [1.54, 1.807) is 0 Å². The van der Waals surface area contributed by atoms with Gasteiger partial charge in [0.1, 0.15) is 6.54 Å². The van der Waals surface area contributed by atoms with E-state index in [0.717, 1.165) is 16.4 Å². The number of rotatable bonds is 5. The average molecular weight is 364 g/mol. The summed E-state index contributed by atoms with van der Waals surface area (Å²) in [6.07, 6.45) is -5.63. The molecule has 1 heterocycles. The molecule has 0 aliphatic rings. The molecule has 0 atom stereocenters. The third-order valence-corrected chi connectivity index (χ3v) is 3.40. The molecular formula is C14H13ClF3N3O3. The molecule has 0 saturated heterocycles. The van der Waals surface area contributed by atoms with E-state index < -0.39 is 37.3 Å². The fourth-order valence-corrected chi connectivity index (χ4v) is 2.11. The molecule has 1 aromatic carbocycles. The number of methoxy groups -OCH3 is 1. The maximum atomic E-state index is 12.5. The van der Waals surface area contributed by atoms with Crippen molar-refractivity contribution in [2.45, 2.75) is 25.7 Å². The summed E-state index contributed by atoms with van der Waals surface area (Å²) >= 11 is 5.78. The zero-order chi connectivity index (χ0) is 17.9. The van der Waals surface area contributed by atoms with Gasteiger partial charge in [-0.25, -0.2) is 9.48 Å². The first-order chi connectivity index (χ1) is 11.2. The molecule has 0 spiro atoms. The predicted molar refractivity (Wildman–Crippen MR) is 79.6 cm³/mol. The van der Waals surface area contributed by atoms with E-state index in [2.05, 4.69) is 9.84 Å². The van der Waals surface area contributed by atoms with Crippen molar-refractivity contribution in [1.29, 1.82) is 0 Å². The van der Waals surface area contributed by atoms with E-state index >= 15 is 0 Å². The molecule has 1 aromatic heterocycles. The SMILES string of the molecule is COC(=O)Cn1nc(-c2ccc(Cl)cc2)n(CCC(F)(F)F)c1=O. The van der Waals surface area contributed by atoms with Crippen molar-refractivity contribution >= 4 is 17.6 Å². The molecule has 0 saturated carbocycles. The van der Waals surface area contributed by atoms with Gasteiger partial charge in [-0.15, -0.1) is 5.10 Å². The third kappa shape index (κ3) is 4.38. The van der Waals surface area contributed by atoms with Gasteiger partial charge in [-0.2, -0.15) is 13.2 Å². The number of nitrogens with zero attached hydrogens (tertiary/aromatic N) is 3. The second-order valence-corrected chi connectivity index (χ2v) is 5.30. The minimum atomic E-state index is -4.43. The quantitative estimate of drug-likeness (QED) is 0.765. The van der Waals surface area contributed by atoms with Crippen LogP contribution in [-0.4, -0.2) is 33.6 Å². The van der Waals surface area contributed by atoms with Crippen LogP contribution in [0.2, 0.25) is 5.02 Å². The van der Waals surface area contributed by atoms with E-state index in [-0.39, 0.29) is 5.82 Å². The molecule has 6 nitrogen and oxygen atoms in total. The van der Waals surface area contributed by atoms with Crippen molar-refractivity contribution in [1.82, 2.24) is 14.3 Å². The molecule has 10 heteroatoms. The number of alkyl halides is 3. The highest BCUT2D eigenvalue weighted by Gasteiger charge is 2.28. The van der Waals surface area contributed by atoms with Gasteiger partial charge in [0, 0.05) is 17.1 Å². The highest BCUT2D eigenvalue weighted by molar-refractivity contribution is 6.30. The number of carbonyl (C=O) groups is 1. The lowest BCUT2D eigenvalue weighted by atomic mass is 10.2. The van der Waals surface area contributed by atoms with E-state index in [4.69, 9.17) is 11.6 Å². The minimum absolute atomic E-state index is 0.0184. The van der Waals surface area contributed by atoms with E-state index in [1.165, 1.54) is 24.3 Å². The second kappa shape index (κ2) is 7.08. The molecule has 0 fully saturated rings. The Morgan fingerprint density at radius 3 is 2.46 bits per heavy atom. The summed E-state index contributed by atoms with van der Waals surface area (Å²) in [7, 11) is 1.13. The van der Waals surface area contributed by atoms with Crippen LogP contribution in [0, 0.1) is 0 Å². The standard InChI is InChI=1S/C14H13ClF3N3O3/c1-24-11(22)8-21-13(23)20(7-6-14(16,17)18)12(19-21)9-2-4-10(15)5-3-9/h2-5H,6-8H2,1H3. The van der Waals surface area contributed by atoms with Crippen molar-refractivity contribution in [3.05, 3.63) is 39.8 Å². The molecule has 0 radical (unpaired) electrons. The zero-order valence-electron chi connectivity index (χ0n) is 12.5. The van der Waals surface area contributed by atoms with Gasteiger partial charge in [-0.05, 0) is 24.3 Å². The van der Waals surface area contributed by atoms with Crippen LogP contribution >= 0.6 is 11.6 Å². The fraction of sp³-hybridized carbons (Fsp3) is 0.357. The van der Waals surface area contributed by atoms with Crippen LogP contribution in [0.1, 0.15) is 6.42 Å². The van der Waals surface area contributed by atoms with E-state index in [1.807, 2.05) is 0 Å². The van der Waals surface area contributed by atoms with Crippen LogP contribution in [0.25, 0.3) is 11.4 Å². The summed E-state index contributed by atoms with van der Waals surface area (Å²) in [5, 5.41) is 4.38. The predicted octanol–water partition coefficient (Wildman–Crippen LogP) is 2.49. The van der Waals surface area contributed by atoms with Gasteiger partial charge in [-0.1, -0.05) is 11.6 Å². The Bertz CT molecular complexity index is 781. The molecule has 130 valence electrons. The Kier molecular flexibility index (Phi) is 5.33. The lowest BCUT2D eigenvalue weighted by molar-refractivity contribution is -0.141. The number of aromatic nitrogens is 3. The van der Waals surface area contributed by atoms with Gasteiger partial charge in [0.05, 0.1) is 13.5 Å². The van der Waals surface area contributed by atoms with Crippen LogP contribution in [0.3, 0.4) is 0 Å². The van der Waals surface area contributed by atoms with Gasteiger partial charge in [0.2, 0.25) is 0 Å². The maximum Gasteiger partial charge on any atom is 0.390 e. The Morgan fingerprint density at radius 1 is 1.29 bits per heavy atom. The fourth-order valence-electron chi connectivity index (χ4n) is 1.98. The molecule has 24 heavy (non-hydrogen) atoms. The summed E-state index contributed by atoms with van der Waals surface area (Å²) in [5.74, 6) is -0.718. The molecular weight excluding hydrogens is 351 g/mol. The summed E-state index contributed by atoms with van der Waals surface area (Å²) < 4.78 is 43.6. The Morgan fingerprint density at radius 2 is 1.92 bits per heavy atom. The van der Waals surface area contributed by atoms with Gasteiger partial charge in [-0.3, -0.25) is 9.36 Å². The first-order valence-electron chi connectivity index (χ1n) is 6.78. The van der Waals surface area contributed by atoms with Crippen LogP contribution in [0.5, 0.6) is 0 Å². The van der Waals surface area contributed by atoms with Gasteiger partial charge in [0.15, 0.2) is 5.82 Å². The monoisotopic (exact) mass is 363 g/mol. The number of carbonyl (C=O) groups excluding carboxylic acids is 1. The Balaban J connectivity index is 2.46. The lowest BCUT2D eigenvalue weighted by Crippen LogP contribution is -2.29. The number of benzene rings is 1. The van der Waals surface area contributed by atoms with Crippen LogP contribution in [0.4, 0.5) is 13.2 Å². The van der Waals surface area contributed by atoms with Crippen molar-refractivity contribution in [3.63, 3.8) is 0 Å². The second-order valence-electron chi connectivity index (χ2n) is 4.86. The third-order valence-electron chi connectivity index (χ3n) is 3.15. The molecule has 0 unspecified atom stereocenters. The number of halogens is 4. The highest BCUT2D eigenvalue weighted by Crippen LogP contribution is 2.23. The number of ether oxygens (including phenoxy) is 1. The summed E-state index contributed by atoms with van der Waals surface area (Å²) in [6.45, 7) is -1.10. The minimum Gasteiger partial charge on any atom is -0.468 e. The summed E-state index contributed by atoms with van der Waals surface area (Å²) in [5.41, 5.74) is -0.420. The zero-order valence-corrected chi connectivity index (χ0v) is 13.3. The highest BCUT2D eigenvalue weighted by atomic mass is 35.5. The topological polar surface area (TPSA) is 66.1 Å². The molecule has 0 aliphatic heterocycles. The first-order valence-corrected chi connectivity index (χ1v) is 7.16. The van der Waals surface area contributed by atoms with Crippen molar-refractivity contribution in [3.8, 4) is 11.4 Å². The Labute approximate surface area is 139 Å². The van der Waals surface area contributed by atoms with Gasteiger partial charge >= 0.3 is 17.8 Å². The molecule has 0 N–H and O–H groups in total. The van der Waals surface area contributed by atoms with Crippen LogP contribution in [-0.2, 0) is 22.6 Å². The number of esters is 1. The largest absolute Gasteiger partial charge is 0.468 e. The molecule has 0 bridgehead atoms. The van der Waals surface area contributed by atoms with Crippen LogP contribution in [0.15, 0.2) is 29.1 Å². The van der Waals surface area contributed by atoms with E-state index in [9.17, 15) is 22.8 Å².